The highest BCUT2D eigenvalue weighted by Crippen LogP contribution is 2.20. The summed E-state index contributed by atoms with van der Waals surface area (Å²) in [6.45, 7) is -0.444. The van der Waals surface area contributed by atoms with Crippen molar-refractivity contribution in [3.8, 4) is 0 Å². The van der Waals surface area contributed by atoms with Crippen LogP contribution in [0.25, 0.3) is 0 Å². The molecule has 0 aromatic carbocycles. The lowest BCUT2D eigenvalue weighted by molar-refractivity contribution is -0.145. The number of carbonyl (C=O) groups is 5. The highest BCUT2D eigenvalue weighted by atomic mass is 16.4. The van der Waals surface area contributed by atoms with E-state index in [9.17, 15) is 24.0 Å². The topological polar surface area (TPSA) is 270 Å². The minimum atomic E-state index is -1.52. The van der Waals surface area contributed by atoms with Crippen molar-refractivity contribution in [1.29, 1.82) is 0 Å². The number of carbonyl (C=O) groups excluding carboxylic acids is 4. The summed E-state index contributed by atoms with van der Waals surface area (Å²) in [5.74, 6) is -4.46. The maximum absolute atomic E-state index is 13.2. The molecular formula is C18H32N8O7. The smallest absolute Gasteiger partial charge is 0.328 e. The molecule has 1 fully saturated rings. The fourth-order valence-electron chi connectivity index (χ4n) is 3.31. The number of hydrogen-bond donors (Lipinski definition) is 8. The van der Waals surface area contributed by atoms with Gasteiger partial charge in [-0.25, -0.2) is 4.79 Å². The van der Waals surface area contributed by atoms with E-state index >= 15 is 0 Å². The molecule has 0 saturated carbocycles. The molecule has 0 radical (unpaired) electrons. The summed E-state index contributed by atoms with van der Waals surface area (Å²) >= 11 is 0. The Morgan fingerprint density at radius 3 is 2.30 bits per heavy atom. The van der Waals surface area contributed by atoms with Crippen molar-refractivity contribution in [2.75, 3.05) is 19.7 Å². The van der Waals surface area contributed by atoms with E-state index in [0.29, 0.717) is 12.8 Å². The number of primary amides is 1. The lowest BCUT2D eigenvalue weighted by Gasteiger charge is -2.29. The normalized spacial score (nSPS) is 18.0. The maximum Gasteiger partial charge on any atom is 0.328 e. The van der Waals surface area contributed by atoms with E-state index in [0.717, 1.165) is 0 Å². The highest BCUT2D eigenvalue weighted by Gasteiger charge is 2.39. The Balaban J connectivity index is 2.97. The zero-order valence-electron chi connectivity index (χ0n) is 18.1. The molecular weight excluding hydrogens is 440 g/mol. The van der Waals surface area contributed by atoms with Crippen LogP contribution in [0.4, 0.5) is 0 Å². The van der Waals surface area contributed by atoms with Crippen LogP contribution >= 0.6 is 0 Å². The summed E-state index contributed by atoms with van der Waals surface area (Å²) in [4.78, 5) is 65.3. The Morgan fingerprint density at radius 1 is 1.09 bits per heavy atom. The SMILES string of the molecule is NC(=O)CC(N)C(=O)NC(CCCN=C(N)N)C(=O)N1CCCC1C(=O)NC(CO)C(=O)O. The van der Waals surface area contributed by atoms with Gasteiger partial charge in [-0.3, -0.25) is 24.2 Å². The van der Waals surface area contributed by atoms with E-state index in [1.165, 1.54) is 4.90 Å². The number of nitrogens with one attached hydrogen (secondary N) is 2. The third kappa shape index (κ3) is 8.89. The molecule has 12 N–H and O–H groups in total. The van der Waals surface area contributed by atoms with Crippen LogP contribution in [0.3, 0.4) is 0 Å². The quantitative estimate of drug-likeness (QED) is 0.0720. The van der Waals surface area contributed by atoms with Gasteiger partial charge in [-0.1, -0.05) is 0 Å². The molecule has 0 bridgehead atoms. The summed E-state index contributed by atoms with van der Waals surface area (Å²) in [7, 11) is 0. The Kier molecular flexibility index (Phi) is 11.0. The Morgan fingerprint density at radius 2 is 1.76 bits per heavy atom. The lowest BCUT2D eigenvalue weighted by Crippen LogP contribution is -2.57. The molecule has 186 valence electrons. The van der Waals surface area contributed by atoms with Crippen LogP contribution in [0.1, 0.15) is 32.1 Å². The molecule has 1 rings (SSSR count). The lowest BCUT2D eigenvalue weighted by atomic mass is 10.1. The fraction of sp³-hybridized carbons (Fsp3) is 0.667. The number of guanidine groups is 1. The predicted molar refractivity (Wildman–Crippen MR) is 115 cm³/mol. The summed E-state index contributed by atoms with van der Waals surface area (Å²) in [6.07, 6.45) is 0.717. The molecule has 15 heteroatoms. The Labute approximate surface area is 189 Å². The van der Waals surface area contributed by atoms with Gasteiger partial charge < -0.3 is 48.7 Å². The van der Waals surface area contributed by atoms with Crippen LogP contribution in [-0.2, 0) is 24.0 Å². The number of aliphatic imine (C=N–C) groups is 1. The van der Waals surface area contributed by atoms with E-state index in [1.807, 2.05) is 0 Å². The standard InChI is InChI=1S/C18H32N8O7/c19-9(7-13(20)28)14(29)24-10(3-1-5-23-18(21)22)16(31)26-6-2-4-12(26)15(30)25-11(8-27)17(32)33/h9-12,27H,1-8,19H2,(H2,20,28)(H,24,29)(H,25,30)(H,32,33)(H4,21,22,23). The van der Waals surface area contributed by atoms with Gasteiger partial charge in [0.05, 0.1) is 19.1 Å². The van der Waals surface area contributed by atoms with Crippen molar-refractivity contribution < 1.29 is 34.2 Å². The van der Waals surface area contributed by atoms with E-state index in [4.69, 9.17) is 33.1 Å². The molecule has 0 aliphatic carbocycles. The van der Waals surface area contributed by atoms with E-state index in [1.54, 1.807) is 0 Å². The number of aliphatic hydroxyl groups is 1. The fourth-order valence-corrected chi connectivity index (χ4v) is 3.31. The number of hydrogen-bond acceptors (Lipinski definition) is 8. The third-order valence-electron chi connectivity index (χ3n) is 4.95. The first kappa shape index (κ1) is 27.6. The first-order valence-electron chi connectivity index (χ1n) is 10.3. The summed E-state index contributed by atoms with van der Waals surface area (Å²) in [6, 6.07) is -4.87. The number of carboxylic acids is 1. The van der Waals surface area contributed by atoms with E-state index in [-0.39, 0.29) is 31.9 Å². The number of nitrogens with zero attached hydrogens (tertiary/aromatic N) is 2. The number of amides is 4. The second kappa shape index (κ2) is 13.2. The van der Waals surface area contributed by atoms with Crippen LogP contribution in [0.15, 0.2) is 4.99 Å². The van der Waals surface area contributed by atoms with Crippen LogP contribution in [-0.4, -0.2) is 94.5 Å². The van der Waals surface area contributed by atoms with Crippen LogP contribution in [0, 0.1) is 0 Å². The number of rotatable bonds is 13. The van der Waals surface area contributed by atoms with Gasteiger partial charge in [-0.05, 0) is 25.7 Å². The number of carboxylic acid groups (broad SMARTS) is 1. The third-order valence-corrected chi connectivity index (χ3v) is 4.95. The van der Waals surface area contributed by atoms with Gasteiger partial charge >= 0.3 is 5.97 Å². The second-order valence-electron chi connectivity index (χ2n) is 7.56. The Bertz CT molecular complexity index is 771. The molecule has 0 aromatic rings. The highest BCUT2D eigenvalue weighted by molar-refractivity contribution is 5.95. The number of aliphatic hydroxyl groups excluding tert-OH is 1. The van der Waals surface area contributed by atoms with E-state index in [2.05, 4.69) is 15.6 Å². The minimum Gasteiger partial charge on any atom is -0.480 e. The molecule has 1 aliphatic rings. The van der Waals surface area contributed by atoms with Gasteiger partial charge in [-0.2, -0.15) is 0 Å². The first-order valence-corrected chi connectivity index (χ1v) is 10.3. The molecule has 1 aliphatic heterocycles. The van der Waals surface area contributed by atoms with Crippen molar-refractivity contribution in [3.05, 3.63) is 0 Å². The summed E-state index contributed by atoms with van der Waals surface area (Å²) in [5.41, 5.74) is 21.3. The Hall–Kier alpha value is -3.46. The molecule has 4 amide bonds. The van der Waals surface area contributed by atoms with Crippen LogP contribution in [0.5, 0.6) is 0 Å². The predicted octanol–water partition coefficient (Wildman–Crippen LogP) is -4.72. The van der Waals surface area contributed by atoms with Crippen molar-refractivity contribution in [1.82, 2.24) is 15.5 Å². The minimum absolute atomic E-state index is 0.101. The van der Waals surface area contributed by atoms with Crippen molar-refractivity contribution >= 4 is 35.6 Å². The van der Waals surface area contributed by atoms with Gasteiger partial charge in [0.15, 0.2) is 5.96 Å². The van der Waals surface area contributed by atoms with Gasteiger partial charge in [0, 0.05) is 13.1 Å². The van der Waals surface area contributed by atoms with Gasteiger partial charge in [0.2, 0.25) is 23.6 Å². The number of likely N-dealkylation sites (tertiary alicyclic amines) is 1. The monoisotopic (exact) mass is 472 g/mol. The molecule has 4 atom stereocenters. The molecule has 1 saturated heterocycles. The first-order chi connectivity index (χ1) is 15.5. The van der Waals surface area contributed by atoms with Crippen molar-refractivity contribution in [3.63, 3.8) is 0 Å². The van der Waals surface area contributed by atoms with Gasteiger partial charge in [0.25, 0.3) is 0 Å². The number of aliphatic carboxylic acids is 1. The molecule has 15 nitrogen and oxygen atoms in total. The average Bonchev–Trinajstić information content (AvgIpc) is 3.22. The number of nitrogens with two attached hydrogens (primary N) is 4. The van der Waals surface area contributed by atoms with Gasteiger partial charge in [-0.15, -0.1) is 0 Å². The summed E-state index contributed by atoms with van der Waals surface area (Å²) in [5, 5.41) is 22.8. The van der Waals surface area contributed by atoms with Crippen molar-refractivity contribution in [2.45, 2.75) is 56.3 Å². The zero-order chi connectivity index (χ0) is 25.1. The van der Waals surface area contributed by atoms with Gasteiger partial charge in [0.1, 0.15) is 18.1 Å². The molecule has 1 heterocycles. The molecule has 33 heavy (non-hydrogen) atoms. The largest absolute Gasteiger partial charge is 0.480 e. The molecule has 0 spiro atoms. The molecule has 4 unspecified atom stereocenters. The molecule has 0 aromatic heterocycles. The van der Waals surface area contributed by atoms with Crippen LogP contribution < -0.4 is 33.6 Å². The summed E-state index contributed by atoms with van der Waals surface area (Å²) < 4.78 is 0. The van der Waals surface area contributed by atoms with Crippen LogP contribution in [0.2, 0.25) is 0 Å². The average molecular weight is 473 g/mol. The second-order valence-corrected chi connectivity index (χ2v) is 7.56. The van der Waals surface area contributed by atoms with Crippen molar-refractivity contribution in [2.24, 2.45) is 27.9 Å². The van der Waals surface area contributed by atoms with E-state index < -0.39 is 66.8 Å². The maximum atomic E-state index is 13.2. The zero-order valence-corrected chi connectivity index (χ0v) is 18.1.